The van der Waals surface area contributed by atoms with Gasteiger partial charge in [-0.1, -0.05) is 11.8 Å². The van der Waals surface area contributed by atoms with E-state index in [0.29, 0.717) is 5.56 Å². The molecule has 0 unspecified atom stereocenters. The first kappa shape index (κ1) is 11.8. The zero-order valence-electron chi connectivity index (χ0n) is 9.11. The number of anilines is 2. The molecule has 0 aliphatic heterocycles. The monoisotopic (exact) mass is 246 g/mol. The van der Waals surface area contributed by atoms with E-state index in [2.05, 4.69) is 21.8 Å². The molecule has 0 saturated carbocycles. The Hall–Kier alpha value is -2.68. The highest BCUT2D eigenvalue weighted by Gasteiger charge is 2.09. The molecule has 2 aromatic rings. The van der Waals surface area contributed by atoms with Crippen molar-refractivity contribution in [1.82, 2.24) is 9.97 Å². The molecule has 0 fully saturated rings. The number of nitrogens with two attached hydrogens (primary N) is 2. The minimum Gasteiger partial charge on any atom is -0.396 e. The van der Waals surface area contributed by atoms with Gasteiger partial charge in [0.15, 0.2) is 5.82 Å². The summed E-state index contributed by atoms with van der Waals surface area (Å²) in [6.07, 6.45) is 2.72. The molecule has 2 rings (SSSR count). The highest BCUT2D eigenvalue weighted by molar-refractivity contribution is 5.51. The van der Waals surface area contributed by atoms with Crippen molar-refractivity contribution in [3.63, 3.8) is 0 Å². The maximum Gasteiger partial charge on any atom is 0.219 e. The molecule has 6 heteroatoms. The molecular formula is C12H8F2N4. The van der Waals surface area contributed by atoms with E-state index in [9.17, 15) is 8.78 Å². The van der Waals surface area contributed by atoms with Crippen molar-refractivity contribution in [2.75, 3.05) is 11.5 Å². The normalized spacial score (nSPS) is 9.67. The van der Waals surface area contributed by atoms with Crippen molar-refractivity contribution < 1.29 is 8.78 Å². The van der Waals surface area contributed by atoms with E-state index in [1.807, 2.05) is 0 Å². The second-order valence-corrected chi connectivity index (χ2v) is 3.41. The lowest BCUT2D eigenvalue weighted by atomic mass is 10.1. The molecule has 0 radical (unpaired) electrons. The fourth-order valence-electron chi connectivity index (χ4n) is 1.22. The maximum absolute atomic E-state index is 13.5. The summed E-state index contributed by atoms with van der Waals surface area (Å²) in [5.41, 5.74) is 10.5. The zero-order chi connectivity index (χ0) is 13.1. The van der Waals surface area contributed by atoms with Crippen LogP contribution < -0.4 is 11.5 Å². The van der Waals surface area contributed by atoms with E-state index in [0.717, 1.165) is 12.1 Å². The standard InChI is InChI=1S/C12H8F2N4/c13-9-3-4-10(15)11(14)8(9)2-1-7-5-17-12(16)18-6-7/h3-6H,15H2,(H2,16,17,18). The maximum atomic E-state index is 13.5. The molecule has 1 heterocycles. The average Bonchev–Trinajstić information content (AvgIpc) is 2.36. The summed E-state index contributed by atoms with van der Waals surface area (Å²) in [5.74, 6) is 3.34. The predicted molar refractivity (Wildman–Crippen MR) is 63.2 cm³/mol. The van der Waals surface area contributed by atoms with E-state index in [1.54, 1.807) is 0 Å². The first-order valence-corrected chi connectivity index (χ1v) is 4.91. The van der Waals surface area contributed by atoms with Gasteiger partial charge in [-0.2, -0.15) is 0 Å². The molecule has 0 amide bonds. The molecule has 4 nitrogen and oxygen atoms in total. The highest BCUT2D eigenvalue weighted by atomic mass is 19.1. The zero-order valence-corrected chi connectivity index (χ0v) is 9.11. The van der Waals surface area contributed by atoms with Gasteiger partial charge >= 0.3 is 0 Å². The third-order valence-electron chi connectivity index (χ3n) is 2.12. The Morgan fingerprint density at radius 1 is 1.00 bits per heavy atom. The summed E-state index contributed by atoms with van der Waals surface area (Å²) in [6.45, 7) is 0. The summed E-state index contributed by atoms with van der Waals surface area (Å²) in [5, 5.41) is 0. The van der Waals surface area contributed by atoms with Crippen molar-refractivity contribution in [2.45, 2.75) is 0 Å². The van der Waals surface area contributed by atoms with Gasteiger partial charge in [-0.05, 0) is 12.1 Å². The molecule has 0 bridgehead atoms. The van der Waals surface area contributed by atoms with Crippen LogP contribution in [0.2, 0.25) is 0 Å². The van der Waals surface area contributed by atoms with E-state index in [4.69, 9.17) is 11.5 Å². The SMILES string of the molecule is Nc1ncc(C#Cc2c(F)ccc(N)c2F)cn1. The number of aromatic nitrogens is 2. The molecular weight excluding hydrogens is 238 g/mol. The second-order valence-electron chi connectivity index (χ2n) is 3.41. The fraction of sp³-hybridized carbons (Fsp3) is 0. The number of rotatable bonds is 0. The van der Waals surface area contributed by atoms with Gasteiger partial charge in [0.2, 0.25) is 5.95 Å². The molecule has 1 aromatic heterocycles. The van der Waals surface area contributed by atoms with Crippen LogP contribution in [0.1, 0.15) is 11.1 Å². The third-order valence-corrected chi connectivity index (χ3v) is 2.12. The van der Waals surface area contributed by atoms with Crippen molar-refractivity contribution in [1.29, 1.82) is 0 Å². The summed E-state index contributed by atoms with van der Waals surface area (Å²) < 4.78 is 26.9. The van der Waals surface area contributed by atoms with E-state index < -0.39 is 11.6 Å². The van der Waals surface area contributed by atoms with Gasteiger partial charge in [0.05, 0.1) is 16.8 Å². The van der Waals surface area contributed by atoms with Crippen LogP contribution in [-0.2, 0) is 0 Å². The molecule has 0 saturated heterocycles. The van der Waals surface area contributed by atoms with E-state index in [-0.39, 0.29) is 17.2 Å². The molecule has 18 heavy (non-hydrogen) atoms. The minimum absolute atomic E-state index is 0.0990. The Morgan fingerprint density at radius 3 is 2.33 bits per heavy atom. The van der Waals surface area contributed by atoms with Crippen LogP contribution in [0.15, 0.2) is 24.5 Å². The van der Waals surface area contributed by atoms with Crippen molar-refractivity contribution in [3.8, 4) is 11.8 Å². The van der Waals surface area contributed by atoms with Crippen molar-refractivity contribution in [2.24, 2.45) is 0 Å². The van der Waals surface area contributed by atoms with Gasteiger partial charge in [-0.25, -0.2) is 18.7 Å². The van der Waals surface area contributed by atoms with Crippen LogP contribution in [-0.4, -0.2) is 9.97 Å². The van der Waals surface area contributed by atoms with Gasteiger partial charge in [0, 0.05) is 12.4 Å². The Labute approximate surface area is 102 Å². The minimum atomic E-state index is -0.876. The van der Waals surface area contributed by atoms with Crippen LogP contribution >= 0.6 is 0 Å². The molecule has 0 spiro atoms. The average molecular weight is 246 g/mol. The van der Waals surface area contributed by atoms with Gasteiger partial charge in [0.25, 0.3) is 0 Å². The van der Waals surface area contributed by atoms with Crippen LogP contribution in [0.5, 0.6) is 0 Å². The number of benzene rings is 1. The largest absolute Gasteiger partial charge is 0.396 e. The lowest BCUT2D eigenvalue weighted by molar-refractivity contribution is 0.580. The number of halogens is 2. The lowest BCUT2D eigenvalue weighted by Gasteiger charge is -1.99. The number of nitrogen functional groups attached to an aromatic ring is 2. The predicted octanol–water partition coefficient (Wildman–Crippen LogP) is 1.32. The van der Waals surface area contributed by atoms with E-state index in [1.165, 1.54) is 12.4 Å². The van der Waals surface area contributed by atoms with Crippen LogP contribution in [0, 0.1) is 23.5 Å². The second kappa shape index (κ2) is 4.67. The van der Waals surface area contributed by atoms with Crippen LogP contribution in [0.3, 0.4) is 0 Å². The lowest BCUT2D eigenvalue weighted by Crippen LogP contribution is -1.97. The molecule has 0 atom stereocenters. The summed E-state index contributed by atoms with van der Waals surface area (Å²) in [7, 11) is 0. The summed E-state index contributed by atoms with van der Waals surface area (Å²) in [4.78, 5) is 7.41. The third kappa shape index (κ3) is 2.35. The van der Waals surface area contributed by atoms with Crippen molar-refractivity contribution >= 4 is 11.6 Å². The first-order valence-electron chi connectivity index (χ1n) is 4.91. The fourth-order valence-corrected chi connectivity index (χ4v) is 1.22. The van der Waals surface area contributed by atoms with Crippen LogP contribution in [0.25, 0.3) is 0 Å². The first-order chi connectivity index (χ1) is 8.58. The summed E-state index contributed by atoms with van der Waals surface area (Å²) >= 11 is 0. The number of hydrogen-bond acceptors (Lipinski definition) is 4. The Bertz CT molecular complexity index is 642. The Kier molecular flexibility index (Phi) is 3.06. The topological polar surface area (TPSA) is 77.8 Å². The van der Waals surface area contributed by atoms with Crippen molar-refractivity contribution in [3.05, 3.63) is 47.3 Å². The van der Waals surface area contributed by atoms with Gasteiger partial charge in [-0.3, -0.25) is 0 Å². The number of nitrogens with zero attached hydrogens (tertiary/aromatic N) is 2. The Balaban J connectivity index is 2.41. The van der Waals surface area contributed by atoms with Gasteiger partial charge < -0.3 is 11.5 Å². The van der Waals surface area contributed by atoms with Gasteiger partial charge in [0.1, 0.15) is 5.82 Å². The smallest absolute Gasteiger partial charge is 0.219 e. The molecule has 90 valence electrons. The number of hydrogen-bond donors (Lipinski definition) is 2. The molecule has 1 aromatic carbocycles. The summed E-state index contributed by atoms with van der Waals surface area (Å²) in [6, 6.07) is 2.20. The molecule has 0 aliphatic carbocycles. The molecule has 0 aliphatic rings. The quantitative estimate of drug-likeness (QED) is 0.543. The van der Waals surface area contributed by atoms with Gasteiger partial charge in [-0.15, -0.1) is 0 Å². The Morgan fingerprint density at radius 2 is 1.67 bits per heavy atom. The highest BCUT2D eigenvalue weighted by Crippen LogP contribution is 2.17. The van der Waals surface area contributed by atoms with Crippen LogP contribution in [0.4, 0.5) is 20.4 Å². The van der Waals surface area contributed by atoms with E-state index >= 15 is 0 Å². The molecule has 4 N–H and O–H groups in total.